The maximum atomic E-state index is 13.9. The summed E-state index contributed by atoms with van der Waals surface area (Å²) in [5, 5.41) is 9.17. The number of nitrogens with zero attached hydrogens (tertiary/aromatic N) is 1. The number of aliphatic hydroxyl groups excluding tert-OH is 1. The Balaban J connectivity index is 2.26. The van der Waals surface area contributed by atoms with E-state index in [1.807, 2.05) is 0 Å². The molecule has 1 saturated heterocycles. The highest BCUT2D eigenvalue weighted by Gasteiger charge is 2.35. The zero-order chi connectivity index (χ0) is 13.8. The van der Waals surface area contributed by atoms with Gasteiger partial charge >= 0.3 is 0 Å². The van der Waals surface area contributed by atoms with Crippen molar-refractivity contribution in [3.05, 3.63) is 35.6 Å². The maximum Gasteiger partial charge on any atom is 0.223 e. The first-order chi connectivity index (χ1) is 9.17. The van der Waals surface area contributed by atoms with Crippen molar-refractivity contribution in [2.45, 2.75) is 18.9 Å². The minimum Gasteiger partial charge on any atom is -0.396 e. The molecule has 0 radical (unpaired) electrons. The lowest BCUT2D eigenvalue weighted by molar-refractivity contribution is -0.130. The van der Waals surface area contributed by atoms with Gasteiger partial charge in [-0.25, -0.2) is 4.39 Å². The summed E-state index contributed by atoms with van der Waals surface area (Å²) in [5.74, 6) is 0.170. The summed E-state index contributed by atoms with van der Waals surface area (Å²) in [6.45, 7) is 0.440. The number of amides is 1. The van der Waals surface area contributed by atoms with Crippen LogP contribution < -0.4 is 0 Å². The summed E-state index contributed by atoms with van der Waals surface area (Å²) in [6.07, 6.45) is 0.738. The molecule has 104 valence electrons. The van der Waals surface area contributed by atoms with Gasteiger partial charge in [0, 0.05) is 31.0 Å². The number of carbonyl (C=O) groups is 1. The predicted octanol–water partition coefficient (Wildman–Crippen LogP) is 2.34. The molecule has 0 bridgehead atoms. The van der Waals surface area contributed by atoms with E-state index in [0.29, 0.717) is 30.8 Å². The molecule has 2 rings (SSSR count). The molecule has 3 nitrogen and oxygen atoms in total. The fourth-order valence-electron chi connectivity index (χ4n) is 2.56. The second-order valence-electron chi connectivity index (χ2n) is 4.82. The van der Waals surface area contributed by atoms with Gasteiger partial charge in [0.2, 0.25) is 5.91 Å². The van der Waals surface area contributed by atoms with E-state index >= 15 is 0 Å². The van der Waals surface area contributed by atoms with Crippen molar-refractivity contribution in [3.63, 3.8) is 0 Å². The quantitative estimate of drug-likeness (QED) is 0.844. The van der Waals surface area contributed by atoms with Gasteiger partial charge in [-0.3, -0.25) is 4.79 Å². The zero-order valence-electron chi connectivity index (χ0n) is 10.6. The van der Waals surface area contributed by atoms with Gasteiger partial charge in [0.25, 0.3) is 0 Å². The molecule has 1 N–H and O–H groups in total. The highest BCUT2D eigenvalue weighted by Crippen LogP contribution is 2.32. The molecule has 1 heterocycles. The fourth-order valence-corrected chi connectivity index (χ4v) is 2.77. The van der Waals surface area contributed by atoms with E-state index in [9.17, 15) is 14.3 Å². The van der Waals surface area contributed by atoms with E-state index in [4.69, 9.17) is 11.6 Å². The van der Waals surface area contributed by atoms with Crippen LogP contribution in [0.2, 0.25) is 0 Å². The highest BCUT2D eigenvalue weighted by atomic mass is 35.5. The van der Waals surface area contributed by atoms with Gasteiger partial charge in [-0.15, -0.1) is 11.6 Å². The molecule has 5 heteroatoms. The van der Waals surface area contributed by atoms with Gasteiger partial charge in [-0.05, 0) is 18.4 Å². The summed E-state index contributed by atoms with van der Waals surface area (Å²) < 4.78 is 13.9. The van der Waals surface area contributed by atoms with E-state index in [0.717, 1.165) is 0 Å². The molecule has 2 unspecified atom stereocenters. The van der Waals surface area contributed by atoms with Crippen LogP contribution in [0.15, 0.2) is 24.3 Å². The van der Waals surface area contributed by atoms with Gasteiger partial charge in [0.15, 0.2) is 0 Å². The lowest BCUT2D eigenvalue weighted by atomic mass is 10.0. The molecule has 1 fully saturated rings. The Bertz CT molecular complexity index is 455. The Morgan fingerprint density at radius 3 is 2.79 bits per heavy atom. The molecule has 0 spiro atoms. The summed E-state index contributed by atoms with van der Waals surface area (Å²) in [7, 11) is 0. The largest absolute Gasteiger partial charge is 0.396 e. The first-order valence-corrected chi connectivity index (χ1v) is 6.91. The van der Waals surface area contributed by atoms with Gasteiger partial charge in [0.05, 0.1) is 6.04 Å². The number of hydrogen-bond donors (Lipinski definition) is 1. The molecule has 2 atom stereocenters. The second kappa shape index (κ2) is 6.35. The van der Waals surface area contributed by atoms with Crippen molar-refractivity contribution in [2.24, 2.45) is 5.92 Å². The van der Waals surface area contributed by atoms with Crippen molar-refractivity contribution in [2.75, 3.05) is 19.0 Å². The minimum absolute atomic E-state index is 0.0210. The van der Waals surface area contributed by atoms with Crippen LogP contribution in [0.5, 0.6) is 0 Å². The van der Waals surface area contributed by atoms with Crippen molar-refractivity contribution >= 4 is 17.5 Å². The molecule has 1 aromatic carbocycles. The normalized spacial score (nSPS) is 20.9. The van der Waals surface area contributed by atoms with Crippen LogP contribution in [-0.4, -0.2) is 34.9 Å². The molecule has 19 heavy (non-hydrogen) atoms. The van der Waals surface area contributed by atoms with Crippen LogP contribution in [0.3, 0.4) is 0 Å². The zero-order valence-corrected chi connectivity index (χ0v) is 11.3. The summed E-state index contributed by atoms with van der Waals surface area (Å²) >= 11 is 5.80. The SMILES string of the molecule is O=C1CC(CCl)CN1C(CCO)c1ccccc1F. The van der Waals surface area contributed by atoms with Crippen LogP contribution >= 0.6 is 11.6 Å². The molecule has 1 aliphatic rings. The third-order valence-corrected chi connectivity index (χ3v) is 3.94. The lowest BCUT2D eigenvalue weighted by Crippen LogP contribution is -2.31. The van der Waals surface area contributed by atoms with Crippen LogP contribution in [-0.2, 0) is 4.79 Å². The fraction of sp³-hybridized carbons (Fsp3) is 0.500. The number of aliphatic hydroxyl groups is 1. The predicted molar refractivity (Wildman–Crippen MR) is 71.4 cm³/mol. The van der Waals surface area contributed by atoms with Crippen LogP contribution in [0.4, 0.5) is 4.39 Å². The Morgan fingerprint density at radius 1 is 1.47 bits per heavy atom. The van der Waals surface area contributed by atoms with E-state index in [1.54, 1.807) is 23.1 Å². The first-order valence-electron chi connectivity index (χ1n) is 6.38. The summed E-state index contributed by atoms with van der Waals surface area (Å²) in [6, 6.07) is 5.98. The van der Waals surface area contributed by atoms with E-state index in [2.05, 4.69) is 0 Å². The topological polar surface area (TPSA) is 40.5 Å². The van der Waals surface area contributed by atoms with Crippen LogP contribution in [0.1, 0.15) is 24.4 Å². The van der Waals surface area contributed by atoms with Crippen molar-refractivity contribution in [1.82, 2.24) is 4.90 Å². The molecule has 0 aromatic heterocycles. The first kappa shape index (κ1) is 14.3. The van der Waals surface area contributed by atoms with Crippen LogP contribution in [0.25, 0.3) is 0 Å². The standard InChI is InChI=1S/C14H17ClFNO2/c15-8-10-7-14(19)17(9-10)13(5-6-18)11-3-1-2-4-12(11)16/h1-4,10,13,18H,5-9H2. The molecular formula is C14H17ClFNO2. The second-order valence-corrected chi connectivity index (χ2v) is 5.13. The summed E-state index contributed by atoms with van der Waals surface area (Å²) in [5.41, 5.74) is 0.458. The Labute approximate surface area is 117 Å². The molecule has 1 amide bonds. The van der Waals surface area contributed by atoms with Gasteiger partial charge in [-0.1, -0.05) is 18.2 Å². The Morgan fingerprint density at radius 2 is 2.21 bits per heavy atom. The average Bonchev–Trinajstić information content (AvgIpc) is 2.78. The van der Waals surface area contributed by atoms with E-state index in [1.165, 1.54) is 6.07 Å². The number of rotatable bonds is 5. The number of benzene rings is 1. The van der Waals surface area contributed by atoms with Crippen molar-refractivity contribution < 1.29 is 14.3 Å². The highest BCUT2D eigenvalue weighted by molar-refractivity contribution is 6.18. The molecular weight excluding hydrogens is 269 g/mol. The van der Waals surface area contributed by atoms with Crippen LogP contribution in [0, 0.1) is 11.7 Å². The minimum atomic E-state index is -0.410. The van der Waals surface area contributed by atoms with E-state index in [-0.39, 0.29) is 24.2 Å². The third kappa shape index (κ3) is 3.07. The molecule has 0 aliphatic carbocycles. The summed E-state index contributed by atoms with van der Waals surface area (Å²) in [4.78, 5) is 13.6. The number of hydrogen-bond acceptors (Lipinski definition) is 2. The third-order valence-electron chi connectivity index (χ3n) is 3.50. The molecule has 1 aliphatic heterocycles. The maximum absolute atomic E-state index is 13.9. The molecule has 0 saturated carbocycles. The van der Waals surface area contributed by atoms with Crippen molar-refractivity contribution in [3.8, 4) is 0 Å². The Kier molecular flexibility index (Phi) is 4.77. The lowest BCUT2D eigenvalue weighted by Gasteiger charge is -2.28. The van der Waals surface area contributed by atoms with Gasteiger partial charge in [0.1, 0.15) is 5.82 Å². The smallest absolute Gasteiger partial charge is 0.223 e. The molecule has 1 aromatic rings. The number of carbonyl (C=O) groups excluding carboxylic acids is 1. The average molecular weight is 286 g/mol. The number of alkyl halides is 1. The van der Waals surface area contributed by atoms with E-state index < -0.39 is 6.04 Å². The number of halogens is 2. The monoisotopic (exact) mass is 285 g/mol. The number of likely N-dealkylation sites (tertiary alicyclic amines) is 1. The Hall–Kier alpha value is -1.13. The van der Waals surface area contributed by atoms with Crippen molar-refractivity contribution in [1.29, 1.82) is 0 Å². The van der Waals surface area contributed by atoms with Gasteiger partial charge < -0.3 is 10.0 Å². The van der Waals surface area contributed by atoms with Gasteiger partial charge in [-0.2, -0.15) is 0 Å².